The summed E-state index contributed by atoms with van der Waals surface area (Å²) in [5.74, 6) is -0.125. The van der Waals surface area contributed by atoms with E-state index in [1.54, 1.807) is 11.9 Å². The largest absolute Gasteiger partial charge is 0.356 e. The maximum Gasteiger partial charge on any atom is 0.254 e. The Kier molecular flexibility index (Phi) is 5.08. The predicted octanol–water partition coefficient (Wildman–Crippen LogP) is 1.45. The van der Waals surface area contributed by atoms with Crippen molar-refractivity contribution in [2.75, 3.05) is 40.3 Å². The summed E-state index contributed by atoms with van der Waals surface area (Å²) < 4.78 is 5.80. The van der Waals surface area contributed by atoms with E-state index in [9.17, 15) is 9.59 Å². The van der Waals surface area contributed by atoms with Crippen LogP contribution in [0.3, 0.4) is 0 Å². The summed E-state index contributed by atoms with van der Waals surface area (Å²) in [6, 6.07) is 7.49. The molecule has 2 heterocycles. The second kappa shape index (κ2) is 7.00. The first-order valence-electron chi connectivity index (χ1n) is 9.15. The van der Waals surface area contributed by atoms with E-state index >= 15 is 0 Å². The van der Waals surface area contributed by atoms with Gasteiger partial charge in [-0.25, -0.2) is 0 Å². The van der Waals surface area contributed by atoms with Gasteiger partial charge in [0.1, 0.15) is 6.61 Å². The third-order valence-corrected chi connectivity index (χ3v) is 5.86. The molecule has 0 aliphatic carbocycles. The number of carbonyl (C=O) groups is 2. The maximum absolute atomic E-state index is 13.3. The van der Waals surface area contributed by atoms with E-state index in [-0.39, 0.29) is 24.0 Å². The molecule has 2 amide bonds. The van der Waals surface area contributed by atoms with E-state index in [1.807, 2.05) is 36.1 Å². The molecule has 1 aromatic carbocycles. The van der Waals surface area contributed by atoms with E-state index in [0.29, 0.717) is 13.1 Å². The first-order chi connectivity index (χ1) is 12.2. The Morgan fingerprint density at radius 2 is 1.88 bits per heavy atom. The quantitative estimate of drug-likeness (QED) is 0.802. The summed E-state index contributed by atoms with van der Waals surface area (Å²) in [7, 11) is 3.84. The van der Waals surface area contributed by atoms with E-state index in [4.69, 9.17) is 4.74 Å². The molecule has 6 heteroatoms. The number of piperazine rings is 1. The highest BCUT2D eigenvalue weighted by molar-refractivity contribution is 5.86. The Balaban J connectivity index is 1.90. The summed E-state index contributed by atoms with van der Waals surface area (Å²) in [5, 5.41) is 0. The molecule has 0 spiro atoms. The molecule has 0 unspecified atom stereocenters. The number of amides is 2. The SMILES string of the molecule is Cc1ccccc1[C@@H]1[C@@H](C(=O)N2CCN(C)C(C)(C)C2)OCC(=O)N1C. The van der Waals surface area contributed by atoms with Gasteiger partial charge in [0.2, 0.25) is 5.91 Å². The molecule has 2 atom stereocenters. The van der Waals surface area contributed by atoms with Gasteiger partial charge >= 0.3 is 0 Å². The molecule has 3 rings (SSSR count). The van der Waals surface area contributed by atoms with Crippen LogP contribution in [0.2, 0.25) is 0 Å². The normalized spacial score (nSPS) is 26.9. The zero-order chi connectivity index (χ0) is 19.1. The highest BCUT2D eigenvalue weighted by Gasteiger charge is 2.44. The van der Waals surface area contributed by atoms with Crippen molar-refractivity contribution in [3.8, 4) is 0 Å². The van der Waals surface area contributed by atoms with Crippen LogP contribution in [-0.2, 0) is 14.3 Å². The van der Waals surface area contributed by atoms with E-state index < -0.39 is 12.1 Å². The van der Waals surface area contributed by atoms with Gasteiger partial charge in [-0.1, -0.05) is 24.3 Å². The predicted molar refractivity (Wildman–Crippen MR) is 99.7 cm³/mol. The number of hydrogen-bond donors (Lipinski definition) is 0. The lowest BCUT2D eigenvalue weighted by molar-refractivity contribution is -0.169. The van der Waals surface area contributed by atoms with E-state index in [2.05, 4.69) is 25.8 Å². The number of rotatable bonds is 2. The van der Waals surface area contributed by atoms with Crippen LogP contribution >= 0.6 is 0 Å². The topological polar surface area (TPSA) is 53.1 Å². The summed E-state index contributed by atoms with van der Waals surface area (Å²) in [5.41, 5.74) is 1.94. The molecule has 142 valence electrons. The standard InChI is InChI=1S/C20H29N3O3/c1-14-8-6-7-9-15(14)17-18(26-12-16(24)22(17)5)19(25)23-11-10-21(4)20(2,3)13-23/h6-9,17-18H,10-13H2,1-5H3/t17-,18+/m1/s1. The Morgan fingerprint density at radius 3 is 2.54 bits per heavy atom. The minimum atomic E-state index is -0.669. The summed E-state index contributed by atoms with van der Waals surface area (Å²) in [6.45, 7) is 8.40. The first-order valence-corrected chi connectivity index (χ1v) is 9.15. The van der Waals surface area contributed by atoms with Crippen LogP contribution in [0.4, 0.5) is 0 Å². The van der Waals surface area contributed by atoms with E-state index in [1.165, 1.54) is 0 Å². The van der Waals surface area contributed by atoms with Gasteiger partial charge in [-0.2, -0.15) is 0 Å². The molecular weight excluding hydrogens is 330 g/mol. The monoisotopic (exact) mass is 359 g/mol. The fourth-order valence-corrected chi connectivity index (χ4v) is 3.82. The molecule has 6 nitrogen and oxygen atoms in total. The van der Waals surface area contributed by atoms with Gasteiger partial charge in [0, 0.05) is 32.2 Å². The van der Waals surface area contributed by atoms with Crippen LogP contribution in [0, 0.1) is 6.92 Å². The summed E-state index contributed by atoms with van der Waals surface area (Å²) in [4.78, 5) is 31.4. The average Bonchev–Trinajstić information content (AvgIpc) is 2.60. The number of likely N-dealkylation sites (N-methyl/N-ethyl adjacent to an activating group) is 2. The van der Waals surface area contributed by atoms with Crippen LogP contribution in [0.1, 0.15) is 31.0 Å². The lowest BCUT2D eigenvalue weighted by atomic mass is 9.92. The zero-order valence-electron chi connectivity index (χ0n) is 16.4. The fraction of sp³-hybridized carbons (Fsp3) is 0.600. The van der Waals surface area contributed by atoms with Gasteiger partial charge in [-0.05, 0) is 38.9 Å². The summed E-state index contributed by atoms with van der Waals surface area (Å²) in [6.07, 6.45) is -0.669. The molecule has 2 aliphatic rings. The lowest BCUT2D eigenvalue weighted by Crippen LogP contribution is -2.62. The van der Waals surface area contributed by atoms with Crippen LogP contribution in [0.15, 0.2) is 24.3 Å². The molecular formula is C20H29N3O3. The van der Waals surface area contributed by atoms with Crippen molar-refractivity contribution in [3.05, 3.63) is 35.4 Å². The molecule has 2 fully saturated rings. The molecule has 0 bridgehead atoms. The van der Waals surface area contributed by atoms with Gasteiger partial charge in [-0.15, -0.1) is 0 Å². The minimum absolute atomic E-state index is 0.0289. The highest BCUT2D eigenvalue weighted by Crippen LogP contribution is 2.33. The van der Waals surface area contributed by atoms with Gasteiger partial charge < -0.3 is 14.5 Å². The van der Waals surface area contributed by atoms with Crippen molar-refractivity contribution < 1.29 is 14.3 Å². The molecule has 2 aliphatic heterocycles. The van der Waals surface area contributed by atoms with Gasteiger partial charge in [0.25, 0.3) is 5.91 Å². The maximum atomic E-state index is 13.3. The Morgan fingerprint density at radius 1 is 1.19 bits per heavy atom. The number of hydrogen-bond acceptors (Lipinski definition) is 4. The second-order valence-electron chi connectivity index (χ2n) is 8.03. The van der Waals surface area contributed by atoms with Crippen molar-refractivity contribution in [2.45, 2.75) is 38.5 Å². The van der Waals surface area contributed by atoms with Crippen LogP contribution in [-0.4, -0.2) is 78.5 Å². The smallest absolute Gasteiger partial charge is 0.254 e. The van der Waals surface area contributed by atoms with Gasteiger partial charge in [0.15, 0.2) is 6.10 Å². The van der Waals surface area contributed by atoms with Gasteiger partial charge in [0.05, 0.1) is 6.04 Å². The average molecular weight is 359 g/mol. The number of benzene rings is 1. The van der Waals surface area contributed by atoms with Crippen molar-refractivity contribution in [1.82, 2.24) is 14.7 Å². The number of carbonyl (C=O) groups excluding carboxylic acids is 2. The number of nitrogens with zero attached hydrogens (tertiary/aromatic N) is 3. The Labute approximate surface area is 155 Å². The minimum Gasteiger partial charge on any atom is -0.356 e. The highest BCUT2D eigenvalue weighted by atomic mass is 16.5. The Bertz CT molecular complexity index is 703. The van der Waals surface area contributed by atoms with Gasteiger partial charge in [-0.3, -0.25) is 14.5 Å². The van der Waals surface area contributed by atoms with Crippen molar-refractivity contribution >= 4 is 11.8 Å². The molecule has 0 radical (unpaired) electrons. The van der Waals surface area contributed by atoms with E-state index in [0.717, 1.165) is 17.7 Å². The summed E-state index contributed by atoms with van der Waals surface area (Å²) >= 11 is 0. The molecule has 1 aromatic rings. The first kappa shape index (κ1) is 18.9. The molecule has 2 saturated heterocycles. The number of morpholine rings is 1. The fourth-order valence-electron chi connectivity index (χ4n) is 3.82. The number of ether oxygens (including phenoxy) is 1. The van der Waals surface area contributed by atoms with Crippen LogP contribution in [0.25, 0.3) is 0 Å². The lowest BCUT2D eigenvalue weighted by Gasteiger charge is -2.47. The van der Waals surface area contributed by atoms with Crippen molar-refractivity contribution in [1.29, 1.82) is 0 Å². The third kappa shape index (κ3) is 3.35. The second-order valence-corrected chi connectivity index (χ2v) is 8.03. The molecule has 0 aromatic heterocycles. The zero-order valence-corrected chi connectivity index (χ0v) is 16.4. The van der Waals surface area contributed by atoms with Crippen molar-refractivity contribution in [2.24, 2.45) is 0 Å². The van der Waals surface area contributed by atoms with Crippen molar-refractivity contribution in [3.63, 3.8) is 0 Å². The molecule has 0 saturated carbocycles. The van der Waals surface area contributed by atoms with Crippen LogP contribution in [0.5, 0.6) is 0 Å². The number of aryl methyl sites for hydroxylation is 1. The Hall–Kier alpha value is -1.92. The molecule has 0 N–H and O–H groups in total. The van der Waals surface area contributed by atoms with Crippen LogP contribution < -0.4 is 0 Å². The molecule has 26 heavy (non-hydrogen) atoms. The third-order valence-electron chi connectivity index (χ3n) is 5.86.